The average molecular weight is 229 g/mol. The number of fused-ring (bicyclic) bond motifs is 2. The molecule has 0 amide bonds. The lowest BCUT2D eigenvalue weighted by molar-refractivity contribution is 0.578. The summed E-state index contributed by atoms with van der Waals surface area (Å²) in [5.41, 5.74) is 3.02. The van der Waals surface area contributed by atoms with E-state index in [4.69, 9.17) is 4.42 Å². The third-order valence-electron chi connectivity index (χ3n) is 4.07. The molecule has 2 aromatic rings. The number of nitrogens with one attached hydrogen (secondary N) is 1. The summed E-state index contributed by atoms with van der Waals surface area (Å²) in [7, 11) is 0. The van der Waals surface area contributed by atoms with Crippen LogP contribution in [0.1, 0.15) is 6.42 Å². The van der Waals surface area contributed by atoms with Crippen molar-refractivity contribution in [1.82, 2.24) is 10.3 Å². The molecule has 0 bridgehead atoms. The fourth-order valence-electron chi connectivity index (χ4n) is 3.16. The van der Waals surface area contributed by atoms with Crippen LogP contribution in [0.4, 0.5) is 5.69 Å². The number of furan rings is 1. The molecule has 4 heterocycles. The third-order valence-corrected chi connectivity index (χ3v) is 4.07. The van der Waals surface area contributed by atoms with Gasteiger partial charge >= 0.3 is 0 Å². The van der Waals surface area contributed by atoms with Crippen LogP contribution in [0.5, 0.6) is 0 Å². The smallest absolute Gasteiger partial charge is 0.154 e. The summed E-state index contributed by atoms with van der Waals surface area (Å²) in [5, 5.41) is 3.47. The second-order valence-electron chi connectivity index (χ2n) is 4.97. The molecule has 2 aromatic heterocycles. The summed E-state index contributed by atoms with van der Waals surface area (Å²) >= 11 is 0. The number of hydrogen-bond acceptors (Lipinski definition) is 4. The van der Waals surface area contributed by atoms with Crippen molar-refractivity contribution in [3.8, 4) is 0 Å². The summed E-state index contributed by atoms with van der Waals surface area (Å²) in [6, 6.07) is 4.66. The summed E-state index contributed by atoms with van der Waals surface area (Å²) in [5.74, 6) is 0.808. The quantitative estimate of drug-likeness (QED) is 0.807. The SMILES string of the molecule is c1cc2ncc(N3CC[C@H]4CNC[C@H]43)cc2o1. The molecule has 0 saturated carbocycles. The van der Waals surface area contributed by atoms with Gasteiger partial charge < -0.3 is 14.6 Å². The molecule has 0 radical (unpaired) electrons. The van der Waals surface area contributed by atoms with Gasteiger partial charge in [0.05, 0.1) is 18.1 Å². The molecule has 4 heteroatoms. The van der Waals surface area contributed by atoms with E-state index < -0.39 is 0 Å². The Labute approximate surface area is 99.6 Å². The van der Waals surface area contributed by atoms with Crippen LogP contribution in [0, 0.1) is 5.92 Å². The van der Waals surface area contributed by atoms with Crippen LogP contribution in [0.2, 0.25) is 0 Å². The highest BCUT2D eigenvalue weighted by Crippen LogP contribution is 2.32. The van der Waals surface area contributed by atoms with Crippen LogP contribution >= 0.6 is 0 Å². The Bertz CT molecular complexity index is 550. The highest BCUT2D eigenvalue weighted by molar-refractivity contribution is 5.76. The van der Waals surface area contributed by atoms with Crippen LogP contribution in [0.25, 0.3) is 11.1 Å². The molecule has 2 saturated heterocycles. The zero-order chi connectivity index (χ0) is 11.2. The van der Waals surface area contributed by atoms with Gasteiger partial charge in [0.1, 0.15) is 5.52 Å². The van der Waals surface area contributed by atoms with Gasteiger partial charge in [0.15, 0.2) is 5.58 Å². The zero-order valence-corrected chi connectivity index (χ0v) is 9.60. The summed E-state index contributed by atoms with van der Waals surface area (Å²) in [6.07, 6.45) is 4.96. The van der Waals surface area contributed by atoms with Gasteiger partial charge in [-0.25, -0.2) is 0 Å². The standard InChI is InChI=1S/C13H15N3O/c1-3-16(12-8-14-6-9(1)12)10-5-13-11(15-7-10)2-4-17-13/h2,4-5,7,9,12,14H,1,3,6,8H2/t9-,12+/m0/s1. The first-order valence-electron chi connectivity index (χ1n) is 6.22. The van der Waals surface area contributed by atoms with Gasteiger partial charge in [-0.2, -0.15) is 0 Å². The molecule has 4 nitrogen and oxygen atoms in total. The highest BCUT2D eigenvalue weighted by Gasteiger charge is 2.37. The van der Waals surface area contributed by atoms with Crippen molar-refractivity contribution < 1.29 is 4.42 Å². The monoisotopic (exact) mass is 229 g/mol. The number of aromatic nitrogens is 1. The number of pyridine rings is 1. The molecular formula is C13H15N3O. The maximum atomic E-state index is 5.42. The van der Waals surface area contributed by atoms with E-state index in [0.29, 0.717) is 6.04 Å². The van der Waals surface area contributed by atoms with E-state index in [1.165, 1.54) is 12.1 Å². The van der Waals surface area contributed by atoms with Crippen LogP contribution in [0.15, 0.2) is 29.0 Å². The van der Waals surface area contributed by atoms with Crippen molar-refractivity contribution in [2.75, 3.05) is 24.5 Å². The molecule has 0 spiro atoms. The van der Waals surface area contributed by atoms with E-state index in [1.807, 2.05) is 12.3 Å². The number of hydrogen-bond donors (Lipinski definition) is 1. The molecule has 2 atom stereocenters. The Morgan fingerprint density at radius 1 is 1.41 bits per heavy atom. The van der Waals surface area contributed by atoms with Crippen LogP contribution in [0.3, 0.4) is 0 Å². The van der Waals surface area contributed by atoms with Crippen LogP contribution in [-0.2, 0) is 0 Å². The van der Waals surface area contributed by atoms with Crippen molar-refractivity contribution in [2.24, 2.45) is 5.92 Å². The maximum Gasteiger partial charge on any atom is 0.154 e. The van der Waals surface area contributed by atoms with Gasteiger partial charge in [0.25, 0.3) is 0 Å². The second-order valence-corrected chi connectivity index (χ2v) is 4.97. The zero-order valence-electron chi connectivity index (χ0n) is 9.60. The molecule has 0 aliphatic carbocycles. The van der Waals surface area contributed by atoms with Crippen molar-refractivity contribution in [3.05, 3.63) is 24.6 Å². The lowest BCUT2D eigenvalue weighted by Gasteiger charge is -2.25. The molecule has 0 unspecified atom stereocenters. The van der Waals surface area contributed by atoms with Gasteiger partial charge in [0.2, 0.25) is 0 Å². The Balaban J connectivity index is 1.73. The van der Waals surface area contributed by atoms with Gasteiger partial charge in [-0.05, 0) is 12.3 Å². The lowest BCUT2D eigenvalue weighted by atomic mass is 10.1. The van der Waals surface area contributed by atoms with Crippen molar-refractivity contribution in [3.63, 3.8) is 0 Å². The van der Waals surface area contributed by atoms with Gasteiger partial charge in [-0.1, -0.05) is 0 Å². The number of rotatable bonds is 1. The Morgan fingerprint density at radius 3 is 3.41 bits per heavy atom. The van der Waals surface area contributed by atoms with E-state index >= 15 is 0 Å². The van der Waals surface area contributed by atoms with Crippen molar-refractivity contribution in [1.29, 1.82) is 0 Å². The first-order valence-corrected chi connectivity index (χ1v) is 6.22. The second kappa shape index (κ2) is 3.47. The fraction of sp³-hybridized carbons (Fsp3) is 0.462. The molecule has 17 heavy (non-hydrogen) atoms. The molecule has 2 aliphatic rings. The van der Waals surface area contributed by atoms with Gasteiger partial charge in [-0.15, -0.1) is 0 Å². The molecule has 0 aromatic carbocycles. The van der Waals surface area contributed by atoms with Crippen molar-refractivity contribution in [2.45, 2.75) is 12.5 Å². The average Bonchev–Trinajstić information content (AvgIpc) is 3.03. The minimum atomic E-state index is 0.643. The Hall–Kier alpha value is -1.55. The van der Waals surface area contributed by atoms with Gasteiger partial charge in [-0.3, -0.25) is 4.98 Å². The predicted molar refractivity (Wildman–Crippen MR) is 66.1 cm³/mol. The molecule has 2 fully saturated rings. The van der Waals surface area contributed by atoms with Crippen molar-refractivity contribution >= 4 is 16.8 Å². The largest absolute Gasteiger partial charge is 0.463 e. The van der Waals surface area contributed by atoms with E-state index in [9.17, 15) is 0 Å². The number of nitrogens with zero attached hydrogens (tertiary/aromatic N) is 2. The normalized spacial score (nSPS) is 27.9. The predicted octanol–water partition coefficient (Wildman–Crippen LogP) is 1.63. The number of anilines is 1. The van der Waals surface area contributed by atoms with Crippen LogP contribution < -0.4 is 10.2 Å². The third kappa shape index (κ3) is 1.37. The minimum Gasteiger partial charge on any atom is -0.463 e. The Morgan fingerprint density at radius 2 is 2.41 bits per heavy atom. The van der Waals surface area contributed by atoms with Crippen LogP contribution in [-0.4, -0.2) is 30.7 Å². The maximum absolute atomic E-state index is 5.42. The highest BCUT2D eigenvalue weighted by atomic mass is 16.3. The first kappa shape index (κ1) is 9.48. The molecule has 4 rings (SSSR count). The summed E-state index contributed by atoms with van der Waals surface area (Å²) in [4.78, 5) is 6.92. The molecule has 2 aliphatic heterocycles. The first-order chi connectivity index (χ1) is 8.42. The summed E-state index contributed by atoms with van der Waals surface area (Å²) < 4.78 is 5.42. The van der Waals surface area contributed by atoms with Gasteiger partial charge in [0, 0.05) is 37.8 Å². The lowest BCUT2D eigenvalue weighted by Crippen LogP contribution is -2.34. The molecule has 88 valence electrons. The van der Waals surface area contributed by atoms with E-state index in [0.717, 1.165) is 36.7 Å². The van der Waals surface area contributed by atoms with E-state index in [-0.39, 0.29) is 0 Å². The topological polar surface area (TPSA) is 41.3 Å². The van der Waals surface area contributed by atoms with E-state index in [2.05, 4.69) is 21.3 Å². The molecular weight excluding hydrogens is 214 g/mol. The molecule has 1 N–H and O–H groups in total. The van der Waals surface area contributed by atoms with E-state index in [1.54, 1.807) is 6.26 Å². The minimum absolute atomic E-state index is 0.643. The fourth-order valence-corrected chi connectivity index (χ4v) is 3.16. The Kier molecular flexibility index (Phi) is 1.93. The summed E-state index contributed by atoms with van der Waals surface area (Å²) in [6.45, 7) is 3.41.